The van der Waals surface area contributed by atoms with E-state index in [4.69, 9.17) is 5.73 Å². The van der Waals surface area contributed by atoms with Crippen LogP contribution in [-0.4, -0.2) is 6.04 Å². The van der Waals surface area contributed by atoms with Gasteiger partial charge in [0.1, 0.15) is 0 Å². The van der Waals surface area contributed by atoms with Crippen molar-refractivity contribution in [3.05, 3.63) is 0 Å². The summed E-state index contributed by atoms with van der Waals surface area (Å²) in [6.07, 6.45) is 9.76. The van der Waals surface area contributed by atoms with Crippen molar-refractivity contribution in [2.24, 2.45) is 28.9 Å². The molecule has 2 saturated carbocycles. The highest BCUT2D eigenvalue weighted by atomic mass is 14.7. The molecule has 2 rings (SSSR count). The Bertz CT molecular complexity index is 234. The number of nitrogens with two attached hydrogens (primary N) is 1. The van der Waals surface area contributed by atoms with E-state index in [0.29, 0.717) is 11.5 Å². The van der Waals surface area contributed by atoms with Crippen molar-refractivity contribution >= 4 is 0 Å². The zero-order valence-corrected chi connectivity index (χ0v) is 11.3. The minimum atomic E-state index is 0.472. The molecule has 0 aromatic heterocycles. The Balaban J connectivity index is 1.98. The smallest absolute Gasteiger partial charge is 0.0101 e. The van der Waals surface area contributed by atoms with E-state index in [0.717, 1.165) is 17.8 Å². The average Bonchev–Trinajstić information content (AvgIpc) is 2.57. The van der Waals surface area contributed by atoms with Crippen molar-refractivity contribution in [1.82, 2.24) is 0 Å². The molecule has 16 heavy (non-hydrogen) atoms. The standard InChI is InChI=1S/C15H29N/c1-11-6-4-7-12(10-11)14(16)13-8-5-9-15(13,2)3/h11-14H,4-10,16H2,1-3H3. The second-order valence-corrected chi connectivity index (χ2v) is 7.10. The van der Waals surface area contributed by atoms with E-state index in [-0.39, 0.29) is 0 Å². The van der Waals surface area contributed by atoms with E-state index in [9.17, 15) is 0 Å². The molecule has 1 heteroatoms. The third-order valence-corrected chi connectivity index (χ3v) is 5.33. The van der Waals surface area contributed by atoms with E-state index in [1.807, 2.05) is 0 Å². The van der Waals surface area contributed by atoms with Gasteiger partial charge in [-0.15, -0.1) is 0 Å². The largest absolute Gasteiger partial charge is 0.327 e. The van der Waals surface area contributed by atoms with Crippen LogP contribution in [0, 0.1) is 23.2 Å². The summed E-state index contributed by atoms with van der Waals surface area (Å²) in [5, 5.41) is 0. The van der Waals surface area contributed by atoms with Gasteiger partial charge in [0.15, 0.2) is 0 Å². The minimum Gasteiger partial charge on any atom is -0.327 e. The van der Waals surface area contributed by atoms with Crippen LogP contribution in [0.3, 0.4) is 0 Å². The van der Waals surface area contributed by atoms with Gasteiger partial charge in [-0.2, -0.15) is 0 Å². The zero-order chi connectivity index (χ0) is 11.8. The maximum Gasteiger partial charge on any atom is 0.0101 e. The summed E-state index contributed by atoms with van der Waals surface area (Å²) in [6.45, 7) is 7.26. The van der Waals surface area contributed by atoms with Crippen LogP contribution in [0.2, 0.25) is 0 Å². The summed E-state index contributed by atoms with van der Waals surface area (Å²) in [5.74, 6) is 2.50. The van der Waals surface area contributed by atoms with Crippen LogP contribution in [0.4, 0.5) is 0 Å². The van der Waals surface area contributed by atoms with Gasteiger partial charge in [-0.1, -0.05) is 40.0 Å². The number of hydrogen-bond donors (Lipinski definition) is 1. The molecule has 0 aromatic rings. The van der Waals surface area contributed by atoms with Crippen LogP contribution in [-0.2, 0) is 0 Å². The average molecular weight is 223 g/mol. The Morgan fingerprint density at radius 3 is 2.44 bits per heavy atom. The Morgan fingerprint density at radius 2 is 1.88 bits per heavy atom. The predicted octanol–water partition coefficient (Wildman–Crippen LogP) is 3.97. The molecule has 2 N–H and O–H groups in total. The van der Waals surface area contributed by atoms with E-state index in [1.165, 1.54) is 44.9 Å². The predicted molar refractivity (Wildman–Crippen MR) is 70.2 cm³/mol. The highest BCUT2D eigenvalue weighted by Crippen LogP contribution is 2.47. The normalized spacial score (nSPS) is 40.9. The molecule has 0 heterocycles. The van der Waals surface area contributed by atoms with Crippen LogP contribution < -0.4 is 5.73 Å². The van der Waals surface area contributed by atoms with Crippen LogP contribution >= 0.6 is 0 Å². The lowest BCUT2D eigenvalue weighted by Gasteiger charge is -2.39. The second-order valence-electron chi connectivity index (χ2n) is 7.10. The fourth-order valence-electron chi connectivity index (χ4n) is 4.23. The monoisotopic (exact) mass is 223 g/mol. The fraction of sp³-hybridized carbons (Fsp3) is 1.00. The van der Waals surface area contributed by atoms with Crippen molar-refractivity contribution in [3.8, 4) is 0 Å². The minimum absolute atomic E-state index is 0.472. The Morgan fingerprint density at radius 1 is 1.12 bits per heavy atom. The van der Waals surface area contributed by atoms with Crippen molar-refractivity contribution in [2.75, 3.05) is 0 Å². The quantitative estimate of drug-likeness (QED) is 0.753. The maximum atomic E-state index is 6.59. The van der Waals surface area contributed by atoms with Crippen LogP contribution in [0.25, 0.3) is 0 Å². The molecule has 2 aliphatic rings. The first-order valence-electron chi connectivity index (χ1n) is 7.26. The third-order valence-electron chi connectivity index (χ3n) is 5.33. The van der Waals surface area contributed by atoms with Crippen molar-refractivity contribution < 1.29 is 0 Å². The molecule has 1 nitrogen and oxygen atoms in total. The van der Waals surface area contributed by atoms with Crippen molar-refractivity contribution in [3.63, 3.8) is 0 Å². The summed E-state index contributed by atoms with van der Waals surface area (Å²) < 4.78 is 0. The van der Waals surface area contributed by atoms with Gasteiger partial charge in [0.25, 0.3) is 0 Å². The van der Waals surface area contributed by atoms with Gasteiger partial charge in [-0.3, -0.25) is 0 Å². The van der Waals surface area contributed by atoms with E-state index in [2.05, 4.69) is 20.8 Å². The molecule has 0 bridgehead atoms. The van der Waals surface area contributed by atoms with Crippen LogP contribution in [0.5, 0.6) is 0 Å². The molecular formula is C15H29N. The molecule has 94 valence electrons. The summed E-state index contributed by atoms with van der Waals surface area (Å²) in [6, 6.07) is 0.472. The topological polar surface area (TPSA) is 26.0 Å². The molecule has 4 atom stereocenters. The third kappa shape index (κ3) is 2.45. The van der Waals surface area contributed by atoms with Crippen molar-refractivity contribution in [1.29, 1.82) is 0 Å². The lowest BCUT2D eigenvalue weighted by Crippen LogP contribution is -2.43. The molecule has 4 unspecified atom stereocenters. The van der Waals surface area contributed by atoms with E-state index >= 15 is 0 Å². The lowest BCUT2D eigenvalue weighted by atomic mass is 9.69. The fourth-order valence-corrected chi connectivity index (χ4v) is 4.23. The first-order valence-corrected chi connectivity index (χ1v) is 7.26. The van der Waals surface area contributed by atoms with E-state index < -0.39 is 0 Å². The summed E-state index contributed by atoms with van der Waals surface area (Å²) in [7, 11) is 0. The van der Waals surface area contributed by atoms with Crippen LogP contribution in [0.15, 0.2) is 0 Å². The lowest BCUT2D eigenvalue weighted by molar-refractivity contribution is 0.142. The molecular weight excluding hydrogens is 194 g/mol. The molecule has 0 aromatic carbocycles. The zero-order valence-electron chi connectivity index (χ0n) is 11.3. The second kappa shape index (κ2) is 4.68. The molecule has 0 saturated heterocycles. The van der Waals surface area contributed by atoms with Gasteiger partial charge < -0.3 is 5.73 Å². The molecule has 0 aliphatic heterocycles. The highest BCUT2D eigenvalue weighted by Gasteiger charge is 2.41. The Kier molecular flexibility index (Phi) is 3.63. The van der Waals surface area contributed by atoms with Gasteiger partial charge in [0, 0.05) is 6.04 Å². The maximum absolute atomic E-state index is 6.59. The number of hydrogen-bond acceptors (Lipinski definition) is 1. The van der Waals surface area contributed by atoms with Gasteiger partial charge in [0.05, 0.1) is 0 Å². The van der Waals surface area contributed by atoms with E-state index in [1.54, 1.807) is 0 Å². The number of rotatable bonds is 2. The van der Waals surface area contributed by atoms with Gasteiger partial charge in [-0.25, -0.2) is 0 Å². The van der Waals surface area contributed by atoms with Gasteiger partial charge in [0.2, 0.25) is 0 Å². The summed E-state index contributed by atoms with van der Waals surface area (Å²) >= 11 is 0. The van der Waals surface area contributed by atoms with Crippen LogP contribution in [0.1, 0.15) is 65.7 Å². The van der Waals surface area contributed by atoms with Crippen molar-refractivity contribution in [2.45, 2.75) is 71.8 Å². The molecule has 0 radical (unpaired) electrons. The first-order chi connectivity index (χ1) is 7.50. The first kappa shape index (κ1) is 12.4. The highest BCUT2D eigenvalue weighted by molar-refractivity contribution is 4.94. The Hall–Kier alpha value is -0.0400. The molecule has 2 fully saturated rings. The molecule has 2 aliphatic carbocycles. The van der Waals surface area contributed by atoms with Gasteiger partial charge >= 0.3 is 0 Å². The molecule has 0 spiro atoms. The summed E-state index contributed by atoms with van der Waals surface area (Å²) in [4.78, 5) is 0. The SMILES string of the molecule is CC1CCCC(C(N)C2CCCC2(C)C)C1. The molecule has 0 amide bonds. The Labute approximate surface area is 101 Å². The van der Waals surface area contributed by atoms with Gasteiger partial charge in [-0.05, 0) is 48.9 Å². The summed E-state index contributed by atoms with van der Waals surface area (Å²) in [5.41, 5.74) is 7.09.